The molecule has 0 bridgehead atoms. The standard InChI is InChI=1S/C10H16O2/c1-3-11-9-6-5-7-10(8-9)12-4-2/h3-4,9-10H,1-2,5-8H2. The van der Waals surface area contributed by atoms with Gasteiger partial charge in [0.15, 0.2) is 0 Å². The van der Waals surface area contributed by atoms with E-state index in [9.17, 15) is 0 Å². The molecule has 0 N–H and O–H groups in total. The molecule has 2 nitrogen and oxygen atoms in total. The molecule has 12 heavy (non-hydrogen) atoms. The molecule has 0 heterocycles. The Labute approximate surface area is 73.9 Å². The van der Waals surface area contributed by atoms with Gasteiger partial charge in [-0.05, 0) is 19.3 Å². The van der Waals surface area contributed by atoms with Crippen molar-refractivity contribution in [2.45, 2.75) is 37.9 Å². The van der Waals surface area contributed by atoms with Gasteiger partial charge in [0.25, 0.3) is 0 Å². The highest BCUT2D eigenvalue weighted by Crippen LogP contribution is 2.23. The molecular formula is C10H16O2. The molecule has 1 aliphatic rings. The van der Waals surface area contributed by atoms with Crippen molar-refractivity contribution >= 4 is 0 Å². The molecule has 0 radical (unpaired) electrons. The molecule has 68 valence electrons. The maximum absolute atomic E-state index is 5.31. The zero-order valence-electron chi connectivity index (χ0n) is 7.37. The van der Waals surface area contributed by atoms with E-state index >= 15 is 0 Å². The lowest BCUT2D eigenvalue weighted by Gasteiger charge is -2.27. The first-order valence-electron chi connectivity index (χ1n) is 4.39. The monoisotopic (exact) mass is 168 g/mol. The Morgan fingerprint density at radius 2 is 1.50 bits per heavy atom. The molecule has 2 heteroatoms. The summed E-state index contributed by atoms with van der Waals surface area (Å²) in [6, 6.07) is 0. The van der Waals surface area contributed by atoms with Gasteiger partial charge in [-0.15, -0.1) is 0 Å². The summed E-state index contributed by atoms with van der Waals surface area (Å²) in [5.41, 5.74) is 0. The predicted octanol–water partition coefficient (Wildman–Crippen LogP) is 2.62. The summed E-state index contributed by atoms with van der Waals surface area (Å²) in [6.45, 7) is 7.09. The van der Waals surface area contributed by atoms with E-state index in [1.165, 1.54) is 12.5 Å². The van der Waals surface area contributed by atoms with Crippen LogP contribution in [0, 0.1) is 0 Å². The lowest BCUT2D eigenvalue weighted by molar-refractivity contribution is 0.0225. The summed E-state index contributed by atoms with van der Waals surface area (Å²) >= 11 is 0. The van der Waals surface area contributed by atoms with Crippen molar-refractivity contribution in [3.63, 3.8) is 0 Å². The summed E-state index contributed by atoms with van der Waals surface area (Å²) in [5.74, 6) is 0. The minimum atomic E-state index is 0.293. The SMILES string of the molecule is C=COC1CCCC(OC=C)C1. The first-order chi connectivity index (χ1) is 5.86. The maximum Gasteiger partial charge on any atom is 0.101 e. The van der Waals surface area contributed by atoms with Gasteiger partial charge in [0.2, 0.25) is 0 Å². The molecule has 2 atom stereocenters. The summed E-state index contributed by atoms with van der Waals surface area (Å²) < 4.78 is 10.6. The Bertz CT molecular complexity index is 138. The van der Waals surface area contributed by atoms with E-state index in [0.717, 1.165) is 25.7 Å². The van der Waals surface area contributed by atoms with Gasteiger partial charge in [0, 0.05) is 6.42 Å². The first-order valence-corrected chi connectivity index (χ1v) is 4.39. The smallest absolute Gasteiger partial charge is 0.101 e. The van der Waals surface area contributed by atoms with E-state index in [2.05, 4.69) is 13.2 Å². The number of hydrogen-bond acceptors (Lipinski definition) is 2. The second-order valence-electron chi connectivity index (χ2n) is 3.02. The van der Waals surface area contributed by atoms with Crippen LogP contribution in [-0.4, -0.2) is 12.2 Å². The highest BCUT2D eigenvalue weighted by molar-refractivity contribution is 4.76. The zero-order chi connectivity index (χ0) is 8.81. The van der Waals surface area contributed by atoms with Gasteiger partial charge < -0.3 is 9.47 Å². The fourth-order valence-electron chi connectivity index (χ4n) is 1.62. The molecule has 0 aliphatic heterocycles. The van der Waals surface area contributed by atoms with E-state index in [4.69, 9.17) is 9.47 Å². The third-order valence-electron chi connectivity index (χ3n) is 2.16. The van der Waals surface area contributed by atoms with E-state index in [0.29, 0.717) is 12.2 Å². The van der Waals surface area contributed by atoms with Crippen LogP contribution in [0.25, 0.3) is 0 Å². The molecule has 2 unspecified atom stereocenters. The Hall–Kier alpha value is -0.920. The summed E-state index contributed by atoms with van der Waals surface area (Å²) in [5, 5.41) is 0. The van der Waals surface area contributed by atoms with E-state index < -0.39 is 0 Å². The van der Waals surface area contributed by atoms with Crippen LogP contribution in [0.3, 0.4) is 0 Å². The van der Waals surface area contributed by atoms with E-state index in [1.54, 1.807) is 0 Å². The van der Waals surface area contributed by atoms with Crippen LogP contribution in [0.2, 0.25) is 0 Å². The molecule has 0 saturated heterocycles. The first kappa shape index (κ1) is 9.17. The second-order valence-corrected chi connectivity index (χ2v) is 3.02. The molecular weight excluding hydrogens is 152 g/mol. The Balaban J connectivity index is 2.29. The minimum absolute atomic E-state index is 0.293. The van der Waals surface area contributed by atoms with Crippen LogP contribution in [0.15, 0.2) is 25.7 Å². The highest BCUT2D eigenvalue weighted by atomic mass is 16.5. The van der Waals surface area contributed by atoms with Crippen molar-refractivity contribution in [2.75, 3.05) is 0 Å². The molecule has 1 rings (SSSR count). The van der Waals surface area contributed by atoms with Crippen molar-refractivity contribution in [2.24, 2.45) is 0 Å². The minimum Gasteiger partial charge on any atom is -0.499 e. The van der Waals surface area contributed by atoms with Crippen molar-refractivity contribution in [3.05, 3.63) is 25.7 Å². The average Bonchev–Trinajstić information content (AvgIpc) is 2.06. The normalized spacial score (nSPS) is 29.0. The Morgan fingerprint density at radius 1 is 1.00 bits per heavy atom. The fraction of sp³-hybridized carbons (Fsp3) is 0.600. The molecule has 0 aromatic heterocycles. The number of rotatable bonds is 4. The quantitative estimate of drug-likeness (QED) is 0.601. The third kappa shape index (κ3) is 2.61. The molecule has 0 aromatic rings. The van der Waals surface area contributed by atoms with Gasteiger partial charge in [-0.1, -0.05) is 13.2 Å². The number of hydrogen-bond donors (Lipinski definition) is 0. The molecule has 1 saturated carbocycles. The van der Waals surface area contributed by atoms with Crippen LogP contribution >= 0.6 is 0 Å². The lowest BCUT2D eigenvalue weighted by Crippen LogP contribution is -2.25. The number of ether oxygens (including phenoxy) is 2. The van der Waals surface area contributed by atoms with Crippen LogP contribution in [0.4, 0.5) is 0 Å². The van der Waals surface area contributed by atoms with Crippen molar-refractivity contribution < 1.29 is 9.47 Å². The van der Waals surface area contributed by atoms with Gasteiger partial charge in [-0.3, -0.25) is 0 Å². The van der Waals surface area contributed by atoms with E-state index in [-0.39, 0.29) is 0 Å². The third-order valence-corrected chi connectivity index (χ3v) is 2.16. The Kier molecular flexibility index (Phi) is 3.71. The van der Waals surface area contributed by atoms with Crippen LogP contribution in [0.5, 0.6) is 0 Å². The van der Waals surface area contributed by atoms with Crippen molar-refractivity contribution in [1.82, 2.24) is 0 Å². The Morgan fingerprint density at radius 3 is 1.92 bits per heavy atom. The second kappa shape index (κ2) is 4.86. The van der Waals surface area contributed by atoms with Crippen molar-refractivity contribution in [1.29, 1.82) is 0 Å². The summed E-state index contributed by atoms with van der Waals surface area (Å²) in [4.78, 5) is 0. The molecule has 0 aromatic carbocycles. The van der Waals surface area contributed by atoms with Crippen LogP contribution in [-0.2, 0) is 9.47 Å². The predicted molar refractivity (Wildman–Crippen MR) is 48.6 cm³/mol. The molecule has 0 amide bonds. The van der Waals surface area contributed by atoms with Gasteiger partial charge in [-0.2, -0.15) is 0 Å². The van der Waals surface area contributed by atoms with Gasteiger partial charge >= 0.3 is 0 Å². The topological polar surface area (TPSA) is 18.5 Å². The van der Waals surface area contributed by atoms with Crippen molar-refractivity contribution in [3.8, 4) is 0 Å². The molecule has 0 spiro atoms. The fourth-order valence-corrected chi connectivity index (χ4v) is 1.62. The lowest BCUT2D eigenvalue weighted by atomic mass is 9.95. The zero-order valence-corrected chi connectivity index (χ0v) is 7.37. The summed E-state index contributed by atoms with van der Waals surface area (Å²) in [7, 11) is 0. The van der Waals surface area contributed by atoms with Gasteiger partial charge in [0.05, 0.1) is 12.5 Å². The average molecular weight is 168 g/mol. The van der Waals surface area contributed by atoms with Crippen LogP contribution in [0.1, 0.15) is 25.7 Å². The van der Waals surface area contributed by atoms with Gasteiger partial charge in [0.1, 0.15) is 12.2 Å². The molecule has 1 aliphatic carbocycles. The largest absolute Gasteiger partial charge is 0.499 e. The summed E-state index contributed by atoms with van der Waals surface area (Å²) in [6.07, 6.45) is 7.96. The van der Waals surface area contributed by atoms with E-state index in [1.807, 2.05) is 0 Å². The highest BCUT2D eigenvalue weighted by Gasteiger charge is 2.22. The van der Waals surface area contributed by atoms with Gasteiger partial charge in [-0.25, -0.2) is 0 Å². The van der Waals surface area contributed by atoms with Crippen LogP contribution < -0.4 is 0 Å². The maximum atomic E-state index is 5.31. The molecule has 1 fully saturated rings.